The summed E-state index contributed by atoms with van der Waals surface area (Å²) in [5, 5.41) is 3.52. The molecular formula is C15H27N3. The zero-order chi connectivity index (χ0) is 12.8. The molecular weight excluding hydrogens is 222 g/mol. The summed E-state index contributed by atoms with van der Waals surface area (Å²) >= 11 is 0. The van der Waals surface area contributed by atoms with Crippen molar-refractivity contribution in [2.24, 2.45) is 5.92 Å². The van der Waals surface area contributed by atoms with Gasteiger partial charge in [-0.2, -0.15) is 0 Å². The van der Waals surface area contributed by atoms with Crippen molar-refractivity contribution in [2.45, 2.75) is 65.3 Å². The van der Waals surface area contributed by atoms with Crippen LogP contribution < -0.4 is 5.32 Å². The number of imidazole rings is 1. The van der Waals surface area contributed by atoms with E-state index in [0.717, 1.165) is 30.6 Å². The highest BCUT2D eigenvalue weighted by atomic mass is 15.2. The van der Waals surface area contributed by atoms with E-state index in [4.69, 9.17) is 0 Å². The number of nitrogens with zero attached hydrogens (tertiary/aromatic N) is 2. The van der Waals surface area contributed by atoms with Crippen LogP contribution in [0.1, 0.15) is 57.6 Å². The lowest BCUT2D eigenvalue weighted by Gasteiger charge is -2.12. The van der Waals surface area contributed by atoms with Gasteiger partial charge in [-0.25, -0.2) is 4.98 Å². The average Bonchev–Trinajstić information content (AvgIpc) is 2.97. The summed E-state index contributed by atoms with van der Waals surface area (Å²) in [6, 6.07) is 0. The van der Waals surface area contributed by atoms with Crippen molar-refractivity contribution >= 4 is 5.95 Å². The molecule has 0 atom stereocenters. The van der Waals surface area contributed by atoms with Gasteiger partial charge < -0.3 is 9.88 Å². The summed E-state index contributed by atoms with van der Waals surface area (Å²) in [5.41, 5.74) is 1.12. The standard InChI is InChI=1S/C15H27N3/c1-3-4-11-18-12-13(2)17-15(18)16-10-9-14-7-5-6-8-14/h12,14H,3-11H2,1-2H3,(H,16,17). The van der Waals surface area contributed by atoms with Crippen LogP contribution in [0.5, 0.6) is 0 Å². The molecule has 1 aliphatic carbocycles. The molecule has 0 aromatic carbocycles. The Balaban J connectivity index is 1.79. The summed E-state index contributed by atoms with van der Waals surface area (Å²) < 4.78 is 2.27. The van der Waals surface area contributed by atoms with Gasteiger partial charge in [0.15, 0.2) is 0 Å². The fraction of sp³-hybridized carbons (Fsp3) is 0.800. The first-order valence-electron chi connectivity index (χ1n) is 7.57. The van der Waals surface area contributed by atoms with Crippen molar-refractivity contribution in [2.75, 3.05) is 11.9 Å². The summed E-state index contributed by atoms with van der Waals surface area (Å²) in [6.07, 6.45) is 11.7. The fourth-order valence-electron chi connectivity index (χ4n) is 2.87. The molecule has 102 valence electrons. The quantitative estimate of drug-likeness (QED) is 0.792. The van der Waals surface area contributed by atoms with Crippen molar-refractivity contribution in [3.8, 4) is 0 Å². The van der Waals surface area contributed by atoms with Gasteiger partial charge in [-0.15, -0.1) is 0 Å². The molecule has 1 N–H and O–H groups in total. The number of anilines is 1. The van der Waals surface area contributed by atoms with Crippen LogP contribution in [0.15, 0.2) is 6.20 Å². The first-order valence-corrected chi connectivity index (χ1v) is 7.57. The smallest absolute Gasteiger partial charge is 0.203 e. The second kappa shape index (κ2) is 6.81. The average molecular weight is 249 g/mol. The number of hydrogen-bond acceptors (Lipinski definition) is 2. The van der Waals surface area contributed by atoms with E-state index in [-0.39, 0.29) is 0 Å². The second-order valence-electron chi connectivity index (χ2n) is 5.62. The van der Waals surface area contributed by atoms with Gasteiger partial charge in [0.1, 0.15) is 0 Å². The third kappa shape index (κ3) is 3.76. The SMILES string of the molecule is CCCCn1cc(C)nc1NCCC1CCCC1. The number of aromatic nitrogens is 2. The second-order valence-corrected chi connectivity index (χ2v) is 5.62. The number of rotatable bonds is 7. The minimum absolute atomic E-state index is 0.956. The molecule has 0 amide bonds. The maximum Gasteiger partial charge on any atom is 0.203 e. The molecule has 0 saturated heterocycles. The Hall–Kier alpha value is -0.990. The lowest BCUT2D eigenvalue weighted by molar-refractivity contribution is 0.516. The molecule has 1 heterocycles. The Morgan fingerprint density at radius 2 is 2.17 bits per heavy atom. The van der Waals surface area contributed by atoms with Gasteiger partial charge in [-0.3, -0.25) is 0 Å². The van der Waals surface area contributed by atoms with E-state index in [1.54, 1.807) is 0 Å². The largest absolute Gasteiger partial charge is 0.356 e. The van der Waals surface area contributed by atoms with E-state index in [1.807, 2.05) is 0 Å². The molecule has 1 saturated carbocycles. The maximum absolute atomic E-state index is 4.58. The molecule has 0 bridgehead atoms. The number of unbranched alkanes of at least 4 members (excludes halogenated alkanes) is 1. The Kier molecular flexibility index (Phi) is 5.09. The Bertz CT molecular complexity index is 351. The number of hydrogen-bond donors (Lipinski definition) is 1. The highest BCUT2D eigenvalue weighted by Crippen LogP contribution is 2.27. The first kappa shape index (κ1) is 13.4. The van der Waals surface area contributed by atoms with E-state index in [1.165, 1.54) is 44.9 Å². The van der Waals surface area contributed by atoms with E-state index in [9.17, 15) is 0 Å². The van der Waals surface area contributed by atoms with E-state index in [2.05, 4.69) is 34.9 Å². The van der Waals surface area contributed by atoms with Gasteiger partial charge in [-0.1, -0.05) is 39.0 Å². The molecule has 0 unspecified atom stereocenters. The van der Waals surface area contributed by atoms with Crippen LogP contribution in [0.25, 0.3) is 0 Å². The van der Waals surface area contributed by atoms with Gasteiger partial charge in [-0.05, 0) is 25.7 Å². The van der Waals surface area contributed by atoms with E-state index in [0.29, 0.717) is 0 Å². The summed E-state index contributed by atoms with van der Waals surface area (Å²) in [6.45, 7) is 6.47. The Morgan fingerprint density at radius 3 is 2.89 bits per heavy atom. The molecule has 1 aliphatic rings. The molecule has 1 aromatic rings. The van der Waals surface area contributed by atoms with Crippen LogP contribution in [0, 0.1) is 12.8 Å². The number of nitrogens with one attached hydrogen (secondary N) is 1. The summed E-state index contributed by atoms with van der Waals surface area (Å²) in [4.78, 5) is 4.58. The zero-order valence-corrected chi connectivity index (χ0v) is 11.9. The third-order valence-corrected chi connectivity index (χ3v) is 3.96. The predicted octanol–water partition coefficient (Wildman–Crippen LogP) is 3.98. The molecule has 0 spiro atoms. The minimum Gasteiger partial charge on any atom is -0.356 e. The van der Waals surface area contributed by atoms with Crippen molar-refractivity contribution < 1.29 is 0 Å². The highest BCUT2D eigenvalue weighted by Gasteiger charge is 2.14. The molecule has 1 aromatic heterocycles. The normalized spacial score (nSPS) is 16.3. The van der Waals surface area contributed by atoms with Gasteiger partial charge in [0.05, 0.1) is 5.69 Å². The van der Waals surface area contributed by atoms with E-state index < -0.39 is 0 Å². The first-order chi connectivity index (χ1) is 8.79. The Labute approximate surface area is 111 Å². The Morgan fingerprint density at radius 1 is 1.39 bits per heavy atom. The van der Waals surface area contributed by atoms with Crippen molar-refractivity contribution in [3.63, 3.8) is 0 Å². The van der Waals surface area contributed by atoms with Crippen LogP contribution in [0.2, 0.25) is 0 Å². The van der Waals surface area contributed by atoms with Gasteiger partial charge >= 0.3 is 0 Å². The van der Waals surface area contributed by atoms with Crippen LogP contribution in [0.3, 0.4) is 0 Å². The highest BCUT2D eigenvalue weighted by molar-refractivity contribution is 5.28. The molecule has 18 heavy (non-hydrogen) atoms. The minimum atomic E-state index is 0.956. The van der Waals surface area contributed by atoms with Crippen molar-refractivity contribution in [1.82, 2.24) is 9.55 Å². The van der Waals surface area contributed by atoms with Gasteiger partial charge in [0.2, 0.25) is 5.95 Å². The third-order valence-electron chi connectivity index (χ3n) is 3.96. The predicted molar refractivity (Wildman–Crippen MR) is 76.9 cm³/mol. The molecule has 0 radical (unpaired) electrons. The maximum atomic E-state index is 4.58. The molecule has 1 fully saturated rings. The lowest BCUT2D eigenvalue weighted by atomic mass is 10.0. The summed E-state index contributed by atoms with van der Waals surface area (Å²) in [5.74, 6) is 2.02. The topological polar surface area (TPSA) is 29.9 Å². The fourth-order valence-corrected chi connectivity index (χ4v) is 2.87. The van der Waals surface area contributed by atoms with Crippen LogP contribution in [0.4, 0.5) is 5.95 Å². The molecule has 0 aliphatic heterocycles. The zero-order valence-electron chi connectivity index (χ0n) is 11.9. The molecule has 3 nitrogen and oxygen atoms in total. The van der Waals surface area contributed by atoms with Crippen LogP contribution in [-0.2, 0) is 6.54 Å². The molecule has 2 rings (SSSR count). The lowest BCUT2D eigenvalue weighted by Crippen LogP contribution is -2.11. The molecule has 3 heteroatoms. The van der Waals surface area contributed by atoms with Gasteiger partial charge in [0, 0.05) is 19.3 Å². The number of aryl methyl sites for hydroxylation is 2. The monoisotopic (exact) mass is 249 g/mol. The van der Waals surface area contributed by atoms with Crippen molar-refractivity contribution in [1.29, 1.82) is 0 Å². The van der Waals surface area contributed by atoms with Crippen LogP contribution in [-0.4, -0.2) is 16.1 Å². The van der Waals surface area contributed by atoms with E-state index >= 15 is 0 Å². The van der Waals surface area contributed by atoms with Gasteiger partial charge in [0.25, 0.3) is 0 Å². The van der Waals surface area contributed by atoms with Crippen molar-refractivity contribution in [3.05, 3.63) is 11.9 Å². The summed E-state index contributed by atoms with van der Waals surface area (Å²) in [7, 11) is 0. The van der Waals surface area contributed by atoms with Crippen LogP contribution >= 0.6 is 0 Å².